The number of hydrogen-bond donors (Lipinski definition) is 2. The summed E-state index contributed by atoms with van der Waals surface area (Å²) in [6.45, 7) is 19.6. The van der Waals surface area contributed by atoms with Crippen LogP contribution in [0.1, 0.15) is 162 Å². The zero-order chi connectivity index (χ0) is 36.6. The van der Waals surface area contributed by atoms with Gasteiger partial charge in [-0.15, -0.1) is 0 Å². The molecular formula is C49H85BF4O2. The van der Waals surface area contributed by atoms with Gasteiger partial charge in [-0.1, -0.05) is 111 Å². The molecule has 7 heteroatoms. The van der Waals surface area contributed by atoms with Crippen LogP contribution in [0.15, 0.2) is 48.5 Å². The van der Waals surface area contributed by atoms with Gasteiger partial charge in [0.25, 0.3) is 8.05 Å². The number of unbranched alkanes of at least 4 members (excludes halogenated alkanes) is 4. The molecule has 56 heavy (non-hydrogen) atoms. The molecule has 0 aliphatic rings. The van der Waals surface area contributed by atoms with Crippen molar-refractivity contribution in [1.82, 2.24) is 0 Å². The molecule has 0 amide bonds. The average molecular weight is 793 g/mol. The third-order valence-corrected chi connectivity index (χ3v) is 8.89. The highest BCUT2D eigenvalue weighted by Crippen LogP contribution is 2.33. The molecule has 4 aromatic rings. The molecular weight excluding hydrogens is 707 g/mol. The smallest absolute Gasteiger partial charge is 0.277 e. The summed E-state index contributed by atoms with van der Waals surface area (Å²) >= 11 is 0. The van der Waals surface area contributed by atoms with E-state index in [4.69, 9.17) is 10.1 Å². The Labute approximate surface area is 346 Å². The molecule has 0 atom stereocenters. The first kappa shape index (κ1) is 70.2. The molecule has 2 radical (unpaired) electrons. The van der Waals surface area contributed by atoms with Gasteiger partial charge in [-0.05, 0) is 147 Å². The second-order valence-electron chi connectivity index (χ2n) is 12.4. The van der Waals surface area contributed by atoms with Crippen molar-refractivity contribution in [1.29, 1.82) is 0 Å². The Bertz CT molecular complexity index is 1530. The van der Waals surface area contributed by atoms with E-state index < -0.39 is 29.0 Å². The van der Waals surface area contributed by atoms with Gasteiger partial charge in [0.1, 0.15) is 29.0 Å². The maximum absolute atomic E-state index is 13.5. The lowest BCUT2D eigenvalue weighted by atomic mass is 9.88. The summed E-state index contributed by atoms with van der Waals surface area (Å²) < 4.78 is 51.1. The fourth-order valence-electron chi connectivity index (χ4n) is 5.79. The van der Waals surface area contributed by atoms with E-state index in [9.17, 15) is 17.6 Å². The van der Waals surface area contributed by atoms with Crippen LogP contribution >= 0.6 is 0 Å². The number of benzene rings is 4. The Morgan fingerprint density at radius 2 is 0.768 bits per heavy atom. The van der Waals surface area contributed by atoms with Gasteiger partial charge in [0.2, 0.25) is 0 Å². The Morgan fingerprint density at radius 1 is 0.429 bits per heavy atom. The van der Waals surface area contributed by atoms with Crippen LogP contribution in [0.4, 0.5) is 17.6 Å². The number of phenols is 1. The SMILES string of the molecule is C.C.C.C.C.C.C.C.CCCCCc1cc(C)c(-c2cc(F)cc(F)c2)c(C)c1C.CCCCCc1cc(C)c(C)c(C)c1C.Oc1cc(F)cc(F)c1.[B]O. The van der Waals surface area contributed by atoms with Crippen molar-refractivity contribution < 1.29 is 27.7 Å². The lowest BCUT2D eigenvalue weighted by Gasteiger charge is -2.17. The van der Waals surface area contributed by atoms with E-state index in [-0.39, 0.29) is 59.4 Å². The van der Waals surface area contributed by atoms with Crippen LogP contribution in [0.3, 0.4) is 0 Å². The number of halogens is 4. The van der Waals surface area contributed by atoms with Crippen molar-refractivity contribution >= 4 is 8.05 Å². The van der Waals surface area contributed by atoms with Crippen molar-refractivity contribution in [2.24, 2.45) is 0 Å². The second-order valence-corrected chi connectivity index (χ2v) is 12.4. The molecule has 4 aromatic carbocycles. The Hall–Kier alpha value is -3.58. The maximum atomic E-state index is 13.5. The van der Waals surface area contributed by atoms with Gasteiger partial charge < -0.3 is 10.1 Å². The third-order valence-electron chi connectivity index (χ3n) is 8.89. The van der Waals surface area contributed by atoms with Crippen LogP contribution < -0.4 is 0 Å². The van der Waals surface area contributed by atoms with Gasteiger partial charge in [-0.3, -0.25) is 0 Å². The minimum absolute atomic E-state index is 0. The number of rotatable bonds is 9. The molecule has 0 bridgehead atoms. The van der Waals surface area contributed by atoms with Crippen molar-refractivity contribution in [3.8, 4) is 16.9 Å². The van der Waals surface area contributed by atoms with E-state index in [1.54, 1.807) is 5.56 Å². The molecule has 0 saturated heterocycles. The first-order valence-electron chi connectivity index (χ1n) is 16.7. The predicted octanol–water partition coefficient (Wildman–Crippen LogP) is 16.8. The van der Waals surface area contributed by atoms with E-state index in [0.717, 1.165) is 41.3 Å². The van der Waals surface area contributed by atoms with Gasteiger partial charge in [0.15, 0.2) is 0 Å². The highest BCUT2D eigenvalue weighted by molar-refractivity contribution is 5.95. The van der Waals surface area contributed by atoms with Crippen LogP contribution in [-0.2, 0) is 12.8 Å². The van der Waals surface area contributed by atoms with Crippen LogP contribution in [0.5, 0.6) is 5.75 Å². The minimum atomic E-state index is -0.771. The van der Waals surface area contributed by atoms with Gasteiger partial charge in [0, 0.05) is 24.3 Å². The lowest BCUT2D eigenvalue weighted by molar-refractivity contribution is 0.460. The lowest BCUT2D eigenvalue weighted by Crippen LogP contribution is -1.99. The summed E-state index contributed by atoms with van der Waals surface area (Å²) in [5.41, 5.74) is 13.8. The quantitative estimate of drug-likeness (QED) is 0.101. The molecule has 0 heterocycles. The standard InChI is InChI=1S/C20H24F2.C15H24.C6H4F2O.8CH4.BHO/c1-5-6-7-8-16-9-13(2)20(15(4)14(16)3)17-10-18(21)12-19(22)11-17;1-6-7-8-9-15-10-11(2)12(3)13(4)14(15)5;7-4-1-5(8)3-6(9)2-4;;;;;;;;;1-2/h9-12H,5-8H2,1-4H3;10H,6-9H2,1-5H3;1-3,9H;8*1H4;2H. The van der Waals surface area contributed by atoms with Crippen molar-refractivity contribution in [2.75, 3.05) is 0 Å². The number of phenolic OH excluding ortho intramolecular Hbond substituents is 1. The summed E-state index contributed by atoms with van der Waals surface area (Å²) in [4.78, 5) is 0. The number of aryl methyl sites for hydroxylation is 4. The van der Waals surface area contributed by atoms with Gasteiger partial charge in [0.05, 0.1) is 0 Å². The summed E-state index contributed by atoms with van der Waals surface area (Å²) in [5, 5.41) is 15.0. The highest BCUT2D eigenvalue weighted by atomic mass is 19.1. The minimum Gasteiger partial charge on any atom is -0.508 e. The van der Waals surface area contributed by atoms with Crippen LogP contribution in [-0.4, -0.2) is 18.2 Å². The summed E-state index contributed by atoms with van der Waals surface area (Å²) in [6, 6.07) is 10.7. The van der Waals surface area contributed by atoms with Crippen LogP contribution in [0.2, 0.25) is 0 Å². The molecule has 0 spiro atoms. The van der Waals surface area contributed by atoms with Crippen molar-refractivity contribution in [3.63, 3.8) is 0 Å². The molecule has 2 nitrogen and oxygen atoms in total. The zero-order valence-electron chi connectivity index (χ0n) is 30.3. The zero-order valence-corrected chi connectivity index (χ0v) is 30.3. The van der Waals surface area contributed by atoms with Gasteiger partial charge in [-0.2, -0.15) is 0 Å². The normalized spacial score (nSPS) is 8.82. The fraction of sp³-hybridized carbons (Fsp3) is 0.510. The predicted molar refractivity (Wildman–Crippen MR) is 248 cm³/mol. The Balaban J connectivity index is -0.000000100. The largest absolute Gasteiger partial charge is 0.508 e. The van der Waals surface area contributed by atoms with E-state index in [0.29, 0.717) is 11.6 Å². The Morgan fingerprint density at radius 3 is 1.12 bits per heavy atom. The van der Waals surface area contributed by atoms with Crippen LogP contribution in [0.25, 0.3) is 11.1 Å². The molecule has 324 valence electrons. The first-order chi connectivity index (χ1) is 22.7. The fourth-order valence-corrected chi connectivity index (χ4v) is 5.79. The number of aromatic hydroxyl groups is 1. The molecule has 0 unspecified atom stereocenters. The number of hydrogen-bond acceptors (Lipinski definition) is 2. The van der Waals surface area contributed by atoms with E-state index >= 15 is 0 Å². The topological polar surface area (TPSA) is 40.5 Å². The molecule has 0 aliphatic carbocycles. The first-order valence-corrected chi connectivity index (χ1v) is 16.7. The molecule has 0 aromatic heterocycles. The van der Waals surface area contributed by atoms with Gasteiger partial charge in [-0.25, -0.2) is 17.6 Å². The van der Waals surface area contributed by atoms with E-state index in [1.165, 1.54) is 90.5 Å². The highest BCUT2D eigenvalue weighted by Gasteiger charge is 2.14. The van der Waals surface area contributed by atoms with Crippen molar-refractivity contribution in [2.45, 2.75) is 173 Å². The molecule has 4 rings (SSSR count). The molecule has 0 fully saturated rings. The average Bonchev–Trinajstić information content (AvgIpc) is 3.02. The summed E-state index contributed by atoms with van der Waals surface area (Å²) in [5.74, 6) is -3.00. The molecule has 0 aliphatic heterocycles. The van der Waals surface area contributed by atoms with E-state index in [2.05, 4.69) is 68.6 Å². The van der Waals surface area contributed by atoms with Crippen LogP contribution in [0, 0.1) is 71.7 Å². The van der Waals surface area contributed by atoms with Crippen molar-refractivity contribution in [3.05, 3.63) is 122 Å². The third kappa shape index (κ3) is 22.2. The summed E-state index contributed by atoms with van der Waals surface area (Å²) in [6.07, 6.45) is 9.94. The summed E-state index contributed by atoms with van der Waals surface area (Å²) in [7, 11) is 3.50. The van der Waals surface area contributed by atoms with Gasteiger partial charge >= 0.3 is 0 Å². The second kappa shape index (κ2) is 35.8. The van der Waals surface area contributed by atoms with E-state index in [1.807, 2.05) is 13.8 Å². The molecule has 0 saturated carbocycles. The maximum Gasteiger partial charge on any atom is 0.277 e. The monoisotopic (exact) mass is 793 g/mol. The molecule has 2 N–H and O–H groups in total. The Kier molecular flexibility index (Phi) is 44.9.